The minimum absolute atomic E-state index is 0.0532. The number of carbonyl (C=O) groups excluding carboxylic acids is 2. The fourth-order valence-corrected chi connectivity index (χ4v) is 0.671. The zero-order valence-electron chi connectivity index (χ0n) is 5.87. The first-order valence-electron chi connectivity index (χ1n) is 2.90. The Labute approximate surface area is 62.8 Å². The van der Waals surface area contributed by atoms with E-state index < -0.39 is 5.97 Å². The molecular formula is C7H6O4. The lowest BCUT2D eigenvalue weighted by Gasteiger charge is -1.92. The van der Waals surface area contributed by atoms with Gasteiger partial charge in [0.25, 0.3) is 0 Å². The van der Waals surface area contributed by atoms with Crippen molar-refractivity contribution in [2.45, 2.75) is 0 Å². The van der Waals surface area contributed by atoms with Gasteiger partial charge in [0.05, 0.1) is 18.9 Å². The lowest BCUT2D eigenvalue weighted by Crippen LogP contribution is -2.01. The first-order valence-corrected chi connectivity index (χ1v) is 2.90. The molecule has 1 rings (SSSR count). The van der Waals surface area contributed by atoms with Gasteiger partial charge in [-0.3, -0.25) is 4.79 Å². The van der Waals surface area contributed by atoms with Crippen LogP contribution >= 0.6 is 0 Å². The molecule has 1 heterocycles. The Morgan fingerprint density at radius 3 is 3.00 bits per heavy atom. The minimum atomic E-state index is -0.642. The molecule has 0 fully saturated rings. The van der Waals surface area contributed by atoms with E-state index in [4.69, 9.17) is 4.42 Å². The van der Waals surface area contributed by atoms with Crippen LogP contribution < -0.4 is 0 Å². The van der Waals surface area contributed by atoms with Gasteiger partial charge >= 0.3 is 5.97 Å². The Bertz CT molecular complexity index is 274. The maximum atomic E-state index is 10.8. The van der Waals surface area contributed by atoms with Crippen LogP contribution in [0.2, 0.25) is 0 Å². The average molecular weight is 154 g/mol. The number of ether oxygens (including phenoxy) is 1. The molecule has 0 saturated heterocycles. The zero-order valence-corrected chi connectivity index (χ0v) is 5.87. The van der Waals surface area contributed by atoms with Gasteiger partial charge in [-0.15, -0.1) is 0 Å². The SMILES string of the molecule is COC(=O)c1occc1C=O. The summed E-state index contributed by atoms with van der Waals surface area (Å²) in [5, 5.41) is 0. The number of hydrogen-bond acceptors (Lipinski definition) is 4. The topological polar surface area (TPSA) is 56.5 Å². The molecule has 0 aliphatic rings. The Balaban J connectivity index is 3.01. The molecule has 0 aliphatic carbocycles. The largest absolute Gasteiger partial charge is 0.463 e. The Morgan fingerprint density at radius 1 is 1.73 bits per heavy atom. The second-order valence-electron chi connectivity index (χ2n) is 1.81. The van der Waals surface area contributed by atoms with Crippen LogP contribution in [0.15, 0.2) is 16.7 Å². The van der Waals surface area contributed by atoms with Crippen molar-refractivity contribution >= 4 is 12.3 Å². The standard InChI is InChI=1S/C7H6O4/c1-10-7(9)6-5(4-8)2-3-11-6/h2-4H,1H3. The highest BCUT2D eigenvalue weighted by molar-refractivity contribution is 5.95. The van der Waals surface area contributed by atoms with E-state index in [2.05, 4.69) is 4.74 Å². The van der Waals surface area contributed by atoms with Crippen molar-refractivity contribution in [1.29, 1.82) is 0 Å². The van der Waals surface area contributed by atoms with Gasteiger partial charge in [-0.1, -0.05) is 0 Å². The fourth-order valence-electron chi connectivity index (χ4n) is 0.671. The molecule has 4 heteroatoms. The third-order valence-electron chi connectivity index (χ3n) is 1.19. The number of rotatable bonds is 2. The number of esters is 1. The van der Waals surface area contributed by atoms with Crippen molar-refractivity contribution in [2.24, 2.45) is 0 Å². The minimum Gasteiger partial charge on any atom is -0.463 e. The Kier molecular flexibility index (Phi) is 2.06. The van der Waals surface area contributed by atoms with Crippen molar-refractivity contribution < 1.29 is 18.7 Å². The van der Waals surface area contributed by atoms with Crippen molar-refractivity contribution in [2.75, 3.05) is 7.11 Å². The molecule has 58 valence electrons. The summed E-state index contributed by atoms with van der Waals surface area (Å²) in [7, 11) is 1.22. The van der Waals surface area contributed by atoms with E-state index in [1.54, 1.807) is 0 Å². The molecule has 0 spiro atoms. The molecule has 0 saturated carbocycles. The first kappa shape index (κ1) is 7.53. The average Bonchev–Trinajstić information content (AvgIpc) is 2.50. The second-order valence-corrected chi connectivity index (χ2v) is 1.81. The molecule has 0 atom stereocenters. The molecule has 0 unspecified atom stereocenters. The molecule has 0 N–H and O–H groups in total. The molecule has 0 aromatic carbocycles. The summed E-state index contributed by atoms with van der Waals surface area (Å²) in [6, 6.07) is 1.40. The van der Waals surface area contributed by atoms with Crippen LogP contribution in [-0.2, 0) is 4.74 Å². The first-order chi connectivity index (χ1) is 5.29. The van der Waals surface area contributed by atoms with Gasteiger partial charge in [0.2, 0.25) is 5.76 Å². The fraction of sp³-hybridized carbons (Fsp3) is 0.143. The van der Waals surface area contributed by atoms with Crippen LogP contribution in [0.5, 0.6) is 0 Å². The van der Waals surface area contributed by atoms with E-state index in [1.807, 2.05) is 0 Å². The van der Waals surface area contributed by atoms with E-state index in [0.29, 0.717) is 6.29 Å². The molecule has 0 aliphatic heterocycles. The van der Waals surface area contributed by atoms with Gasteiger partial charge in [-0.25, -0.2) is 4.79 Å². The molecule has 11 heavy (non-hydrogen) atoms. The third kappa shape index (κ3) is 1.29. The normalized spacial score (nSPS) is 9.18. The number of furan rings is 1. The van der Waals surface area contributed by atoms with Crippen LogP contribution in [0, 0.1) is 0 Å². The summed E-state index contributed by atoms with van der Waals surface area (Å²) in [5.74, 6) is -0.695. The Hall–Kier alpha value is -1.58. The van der Waals surface area contributed by atoms with Gasteiger partial charge < -0.3 is 9.15 Å². The molecule has 0 bridgehead atoms. The van der Waals surface area contributed by atoms with E-state index >= 15 is 0 Å². The lowest BCUT2D eigenvalue weighted by atomic mass is 10.3. The van der Waals surface area contributed by atoms with Crippen LogP contribution in [0.25, 0.3) is 0 Å². The second kappa shape index (κ2) is 3.01. The summed E-state index contributed by atoms with van der Waals surface area (Å²) in [6.07, 6.45) is 1.80. The predicted molar refractivity (Wildman–Crippen MR) is 35.4 cm³/mol. The van der Waals surface area contributed by atoms with Crippen LogP contribution in [0.3, 0.4) is 0 Å². The quantitative estimate of drug-likeness (QED) is 0.468. The van der Waals surface area contributed by atoms with E-state index in [0.717, 1.165) is 0 Å². The number of hydrogen-bond donors (Lipinski definition) is 0. The molecule has 1 aromatic heterocycles. The number of carbonyl (C=O) groups is 2. The van der Waals surface area contributed by atoms with E-state index in [1.165, 1.54) is 19.4 Å². The maximum Gasteiger partial charge on any atom is 0.374 e. The van der Waals surface area contributed by atoms with Gasteiger partial charge in [0, 0.05) is 0 Å². The zero-order chi connectivity index (χ0) is 8.27. The highest BCUT2D eigenvalue weighted by Gasteiger charge is 2.14. The maximum absolute atomic E-state index is 10.8. The summed E-state index contributed by atoms with van der Waals surface area (Å²) in [5.41, 5.74) is 0.205. The molecule has 4 nitrogen and oxygen atoms in total. The summed E-state index contributed by atoms with van der Waals surface area (Å²) >= 11 is 0. The van der Waals surface area contributed by atoms with Gasteiger partial charge in [-0.2, -0.15) is 0 Å². The monoisotopic (exact) mass is 154 g/mol. The predicted octanol–water partition coefficient (Wildman–Crippen LogP) is 0.879. The number of aldehydes is 1. The van der Waals surface area contributed by atoms with Gasteiger partial charge in [0.15, 0.2) is 6.29 Å². The van der Waals surface area contributed by atoms with Gasteiger partial charge in [0.1, 0.15) is 0 Å². The van der Waals surface area contributed by atoms with Crippen molar-refractivity contribution in [3.8, 4) is 0 Å². The van der Waals surface area contributed by atoms with Crippen LogP contribution in [0.1, 0.15) is 20.9 Å². The van der Waals surface area contributed by atoms with Crippen LogP contribution in [-0.4, -0.2) is 19.4 Å². The van der Waals surface area contributed by atoms with Crippen molar-refractivity contribution in [3.63, 3.8) is 0 Å². The van der Waals surface area contributed by atoms with Crippen LogP contribution in [0.4, 0.5) is 0 Å². The highest BCUT2D eigenvalue weighted by Crippen LogP contribution is 2.08. The highest BCUT2D eigenvalue weighted by atomic mass is 16.5. The summed E-state index contributed by atoms with van der Waals surface area (Å²) < 4.78 is 9.05. The third-order valence-corrected chi connectivity index (χ3v) is 1.19. The van der Waals surface area contributed by atoms with Crippen molar-refractivity contribution in [1.82, 2.24) is 0 Å². The lowest BCUT2D eigenvalue weighted by molar-refractivity contribution is 0.0562. The number of methoxy groups -OCH3 is 1. The summed E-state index contributed by atoms with van der Waals surface area (Å²) in [4.78, 5) is 21.0. The van der Waals surface area contributed by atoms with E-state index in [-0.39, 0.29) is 11.3 Å². The smallest absolute Gasteiger partial charge is 0.374 e. The molecule has 1 aromatic rings. The van der Waals surface area contributed by atoms with Crippen molar-refractivity contribution in [3.05, 3.63) is 23.7 Å². The molecule has 0 radical (unpaired) electrons. The Morgan fingerprint density at radius 2 is 2.45 bits per heavy atom. The molecular weight excluding hydrogens is 148 g/mol. The summed E-state index contributed by atoms with van der Waals surface area (Å²) in [6.45, 7) is 0. The van der Waals surface area contributed by atoms with Gasteiger partial charge in [-0.05, 0) is 6.07 Å². The van der Waals surface area contributed by atoms with E-state index in [9.17, 15) is 9.59 Å². The molecule has 0 amide bonds.